The lowest BCUT2D eigenvalue weighted by Gasteiger charge is -2.10. The Balaban J connectivity index is 1.98. The number of carbonyl (C=O) groups is 2. The van der Waals surface area contributed by atoms with Crippen molar-refractivity contribution in [2.24, 2.45) is 0 Å². The van der Waals surface area contributed by atoms with Crippen LogP contribution in [0.5, 0.6) is 5.75 Å². The number of ether oxygens (including phenoxy) is 2. The third-order valence-electron chi connectivity index (χ3n) is 3.38. The van der Waals surface area contributed by atoms with E-state index >= 15 is 0 Å². The summed E-state index contributed by atoms with van der Waals surface area (Å²) in [4.78, 5) is 23.9. The number of methoxy groups -OCH3 is 1. The molecule has 0 saturated carbocycles. The Morgan fingerprint density at radius 2 is 1.76 bits per heavy atom. The molecule has 0 amide bonds. The van der Waals surface area contributed by atoms with Crippen molar-refractivity contribution >= 4 is 17.8 Å². The van der Waals surface area contributed by atoms with Crippen LogP contribution in [0.4, 0.5) is 8.78 Å². The lowest BCUT2D eigenvalue weighted by molar-refractivity contribution is -0.140. The standard InChI is InChI=1S/C19H16F2O4/c1-12(19(23)14-5-7-15(20)8-6-14)25-18(22)10-4-13-3-9-17(24-2)16(21)11-13/h3-12H,1-2H3/b10-4+/t12-/m0/s1. The molecule has 0 saturated heterocycles. The third kappa shape index (κ3) is 4.97. The fraction of sp³-hybridized carbons (Fsp3) is 0.158. The molecule has 0 N–H and O–H groups in total. The van der Waals surface area contributed by atoms with Crippen LogP contribution < -0.4 is 4.74 Å². The molecule has 0 aliphatic rings. The molecule has 2 aromatic rings. The average molecular weight is 346 g/mol. The lowest BCUT2D eigenvalue weighted by atomic mass is 10.1. The van der Waals surface area contributed by atoms with Gasteiger partial charge in [-0.15, -0.1) is 0 Å². The number of carbonyl (C=O) groups excluding carboxylic acids is 2. The monoisotopic (exact) mass is 346 g/mol. The van der Waals surface area contributed by atoms with Gasteiger partial charge in [0.05, 0.1) is 7.11 Å². The summed E-state index contributed by atoms with van der Waals surface area (Å²) in [7, 11) is 1.35. The molecule has 0 radical (unpaired) electrons. The van der Waals surface area contributed by atoms with Gasteiger partial charge in [0, 0.05) is 11.6 Å². The second-order valence-electron chi connectivity index (χ2n) is 5.18. The summed E-state index contributed by atoms with van der Waals surface area (Å²) < 4.78 is 36.2. The van der Waals surface area contributed by atoms with Gasteiger partial charge in [0.1, 0.15) is 5.82 Å². The minimum atomic E-state index is -1.03. The number of ketones is 1. The highest BCUT2D eigenvalue weighted by atomic mass is 19.1. The highest BCUT2D eigenvalue weighted by Crippen LogP contribution is 2.18. The summed E-state index contributed by atoms with van der Waals surface area (Å²) in [6.07, 6.45) is 1.42. The molecule has 0 unspecified atom stereocenters. The van der Waals surface area contributed by atoms with Crippen molar-refractivity contribution in [2.45, 2.75) is 13.0 Å². The Bertz CT molecular complexity index is 798. The van der Waals surface area contributed by atoms with Gasteiger partial charge in [-0.3, -0.25) is 4.79 Å². The summed E-state index contributed by atoms with van der Waals surface area (Å²) in [6, 6.07) is 9.14. The van der Waals surface area contributed by atoms with E-state index < -0.39 is 29.5 Å². The van der Waals surface area contributed by atoms with E-state index in [1.807, 2.05) is 0 Å². The minimum Gasteiger partial charge on any atom is -0.494 e. The van der Waals surface area contributed by atoms with Crippen LogP contribution in [-0.2, 0) is 9.53 Å². The number of hydrogen-bond donors (Lipinski definition) is 0. The van der Waals surface area contributed by atoms with Gasteiger partial charge in [0.15, 0.2) is 17.7 Å². The molecule has 25 heavy (non-hydrogen) atoms. The number of rotatable bonds is 6. The van der Waals surface area contributed by atoms with Crippen LogP contribution in [0.1, 0.15) is 22.8 Å². The maximum absolute atomic E-state index is 13.6. The summed E-state index contributed by atoms with van der Waals surface area (Å²) in [6.45, 7) is 1.42. The average Bonchev–Trinajstić information content (AvgIpc) is 2.60. The van der Waals surface area contributed by atoms with Crippen molar-refractivity contribution < 1.29 is 27.8 Å². The molecular formula is C19H16F2O4. The zero-order valence-electron chi connectivity index (χ0n) is 13.7. The first-order chi connectivity index (χ1) is 11.9. The largest absolute Gasteiger partial charge is 0.494 e. The van der Waals surface area contributed by atoms with E-state index in [1.54, 1.807) is 6.07 Å². The van der Waals surface area contributed by atoms with E-state index in [4.69, 9.17) is 9.47 Å². The molecule has 2 aromatic carbocycles. The first-order valence-electron chi connectivity index (χ1n) is 7.42. The number of halogens is 2. The van der Waals surface area contributed by atoms with E-state index in [0.29, 0.717) is 5.56 Å². The third-order valence-corrected chi connectivity index (χ3v) is 3.38. The van der Waals surface area contributed by atoms with E-state index in [1.165, 1.54) is 44.4 Å². The second-order valence-corrected chi connectivity index (χ2v) is 5.18. The number of esters is 1. The highest BCUT2D eigenvalue weighted by Gasteiger charge is 2.18. The van der Waals surface area contributed by atoms with Crippen LogP contribution >= 0.6 is 0 Å². The fourth-order valence-corrected chi connectivity index (χ4v) is 2.07. The van der Waals surface area contributed by atoms with Crippen LogP contribution in [0, 0.1) is 11.6 Å². The van der Waals surface area contributed by atoms with Crippen molar-refractivity contribution in [1.82, 2.24) is 0 Å². The molecule has 130 valence electrons. The molecule has 0 aliphatic carbocycles. The Hall–Kier alpha value is -3.02. The zero-order valence-corrected chi connectivity index (χ0v) is 13.7. The van der Waals surface area contributed by atoms with Gasteiger partial charge in [-0.25, -0.2) is 13.6 Å². The molecule has 1 atom stereocenters. The van der Waals surface area contributed by atoms with Crippen LogP contribution in [0.2, 0.25) is 0 Å². The summed E-state index contributed by atoms with van der Waals surface area (Å²) >= 11 is 0. The summed E-state index contributed by atoms with van der Waals surface area (Å²) in [5.41, 5.74) is 0.677. The second kappa shape index (κ2) is 8.19. The summed E-state index contributed by atoms with van der Waals surface area (Å²) in [5, 5.41) is 0. The highest BCUT2D eigenvalue weighted by molar-refractivity contribution is 6.01. The van der Waals surface area contributed by atoms with Gasteiger partial charge >= 0.3 is 5.97 Å². The smallest absolute Gasteiger partial charge is 0.331 e. The van der Waals surface area contributed by atoms with Gasteiger partial charge in [-0.05, 0) is 55.0 Å². The zero-order chi connectivity index (χ0) is 18.4. The maximum atomic E-state index is 13.6. The van der Waals surface area contributed by atoms with Crippen LogP contribution in [0.15, 0.2) is 48.5 Å². The first kappa shape index (κ1) is 18.3. The van der Waals surface area contributed by atoms with Crippen molar-refractivity contribution in [3.05, 3.63) is 71.3 Å². The van der Waals surface area contributed by atoms with E-state index in [2.05, 4.69) is 0 Å². The van der Waals surface area contributed by atoms with Gasteiger partial charge in [-0.1, -0.05) is 6.07 Å². The quantitative estimate of drug-likeness (QED) is 0.453. The molecule has 2 rings (SSSR count). The first-order valence-corrected chi connectivity index (χ1v) is 7.42. The lowest BCUT2D eigenvalue weighted by Crippen LogP contribution is -2.23. The Morgan fingerprint density at radius 1 is 1.08 bits per heavy atom. The normalized spacial score (nSPS) is 12.0. The molecule has 0 heterocycles. The molecule has 0 fully saturated rings. The predicted molar refractivity (Wildman–Crippen MR) is 88.3 cm³/mol. The van der Waals surface area contributed by atoms with Gasteiger partial charge < -0.3 is 9.47 Å². The number of benzene rings is 2. The molecular weight excluding hydrogens is 330 g/mol. The molecule has 0 bridgehead atoms. The van der Waals surface area contributed by atoms with Gasteiger partial charge in [-0.2, -0.15) is 0 Å². The molecule has 0 aliphatic heterocycles. The van der Waals surface area contributed by atoms with Crippen molar-refractivity contribution in [2.75, 3.05) is 7.11 Å². The number of Topliss-reactive ketones (excluding diaryl/α,β-unsaturated/α-hetero) is 1. The maximum Gasteiger partial charge on any atom is 0.331 e. The predicted octanol–water partition coefficient (Wildman–Crippen LogP) is 3.80. The topological polar surface area (TPSA) is 52.6 Å². The van der Waals surface area contributed by atoms with E-state index in [9.17, 15) is 18.4 Å². The molecule has 0 aromatic heterocycles. The van der Waals surface area contributed by atoms with Gasteiger partial charge in [0.25, 0.3) is 0 Å². The van der Waals surface area contributed by atoms with Crippen LogP contribution in [0.25, 0.3) is 6.08 Å². The van der Waals surface area contributed by atoms with Gasteiger partial charge in [0.2, 0.25) is 5.78 Å². The fourth-order valence-electron chi connectivity index (χ4n) is 2.07. The van der Waals surface area contributed by atoms with Crippen LogP contribution in [0.3, 0.4) is 0 Å². The van der Waals surface area contributed by atoms with Crippen molar-refractivity contribution in [3.8, 4) is 5.75 Å². The molecule has 4 nitrogen and oxygen atoms in total. The van der Waals surface area contributed by atoms with Crippen molar-refractivity contribution in [3.63, 3.8) is 0 Å². The Labute approximate surface area is 143 Å². The number of hydrogen-bond acceptors (Lipinski definition) is 4. The molecule has 6 heteroatoms. The minimum absolute atomic E-state index is 0.0956. The SMILES string of the molecule is COc1ccc(/C=C/C(=O)O[C@@H](C)C(=O)c2ccc(F)cc2)cc1F. The van der Waals surface area contributed by atoms with E-state index in [-0.39, 0.29) is 11.3 Å². The van der Waals surface area contributed by atoms with Crippen LogP contribution in [-0.4, -0.2) is 25.0 Å². The summed E-state index contributed by atoms with van der Waals surface area (Å²) in [5.74, 6) is -2.12. The van der Waals surface area contributed by atoms with E-state index in [0.717, 1.165) is 18.2 Å². The van der Waals surface area contributed by atoms with Crippen molar-refractivity contribution in [1.29, 1.82) is 0 Å². The molecule has 0 spiro atoms. The Kier molecular flexibility index (Phi) is 6.00. The Morgan fingerprint density at radius 3 is 2.36 bits per heavy atom.